The van der Waals surface area contributed by atoms with Crippen LogP contribution in [-0.4, -0.2) is 23.1 Å². The number of esters is 1. The number of hydrogen-bond donors (Lipinski definition) is 1. The van der Waals surface area contributed by atoms with Crippen LogP contribution in [0.3, 0.4) is 0 Å². The highest BCUT2D eigenvalue weighted by Gasteiger charge is 2.35. The smallest absolute Gasteiger partial charge is 0.310 e. The number of carbonyl (C=O) groups is 2. The van der Waals surface area contributed by atoms with Crippen LogP contribution in [0.2, 0.25) is 0 Å². The predicted octanol–water partition coefficient (Wildman–Crippen LogP) is 7.46. The molecule has 3 unspecified atom stereocenters. The second-order valence-electron chi connectivity index (χ2n) is 9.02. The zero-order valence-electron chi connectivity index (χ0n) is 19.6. The summed E-state index contributed by atoms with van der Waals surface area (Å²) in [6.07, 6.45) is 23.2. The van der Waals surface area contributed by atoms with Crippen LogP contribution in [-0.2, 0) is 14.3 Å². The molecule has 0 radical (unpaired) electrons. The van der Waals surface area contributed by atoms with E-state index in [0.717, 1.165) is 25.7 Å². The molecule has 1 aliphatic rings. The third-order valence-corrected chi connectivity index (χ3v) is 6.33. The molecule has 1 aliphatic carbocycles. The van der Waals surface area contributed by atoms with Gasteiger partial charge in [0.05, 0.1) is 11.8 Å². The molecule has 0 heterocycles. The van der Waals surface area contributed by atoms with Gasteiger partial charge in [0.15, 0.2) is 0 Å². The van der Waals surface area contributed by atoms with E-state index in [0.29, 0.717) is 12.8 Å². The Bertz CT molecular complexity index is 485. The fourth-order valence-corrected chi connectivity index (χ4v) is 4.40. The van der Waals surface area contributed by atoms with Gasteiger partial charge in [-0.2, -0.15) is 0 Å². The molecule has 0 aliphatic heterocycles. The highest BCUT2D eigenvalue weighted by atomic mass is 16.5. The minimum absolute atomic E-state index is 0.0639. The fraction of sp³-hybridized carbons (Fsp3) is 0.846. The zero-order chi connectivity index (χ0) is 22.0. The molecule has 1 N–H and O–H groups in total. The Morgan fingerprint density at radius 3 is 1.77 bits per heavy atom. The minimum Gasteiger partial charge on any atom is -0.481 e. The Balaban J connectivity index is 2.16. The van der Waals surface area contributed by atoms with Crippen molar-refractivity contribution >= 4 is 11.9 Å². The van der Waals surface area contributed by atoms with Gasteiger partial charge in [-0.05, 0) is 32.1 Å². The Hall–Kier alpha value is -1.32. The number of carboxylic acids is 1. The second-order valence-corrected chi connectivity index (χ2v) is 9.02. The number of rotatable bonds is 18. The van der Waals surface area contributed by atoms with Gasteiger partial charge in [-0.1, -0.05) is 103 Å². The summed E-state index contributed by atoms with van der Waals surface area (Å²) < 4.78 is 5.77. The van der Waals surface area contributed by atoms with Crippen LogP contribution in [0.4, 0.5) is 0 Å². The van der Waals surface area contributed by atoms with E-state index >= 15 is 0 Å². The van der Waals surface area contributed by atoms with Gasteiger partial charge in [-0.3, -0.25) is 9.59 Å². The number of allylic oxidation sites excluding steroid dienone is 2. The molecule has 0 aromatic carbocycles. The lowest BCUT2D eigenvalue weighted by Gasteiger charge is -2.26. The normalized spacial score (nSPS) is 19.5. The SMILES string of the molecule is CCCCCCCCCCCCCCC(CCC)OC(=O)C1CC=CCC1C(=O)O. The first kappa shape index (κ1) is 26.7. The molecule has 0 amide bonds. The number of aliphatic carboxylic acids is 1. The van der Waals surface area contributed by atoms with E-state index in [4.69, 9.17) is 4.74 Å². The molecule has 4 nitrogen and oxygen atoms in total. The molecule has 174 valence electrons. The maximum absolute atomic E-state index is 12.6. The van der Waals surface area contributed by atoms with Crippen molar-refractivity contribution in [3.63, 3.8) is 0 Å². The molecule has 3 atom stereocenters. The molecule has 4 heteroatoms. The monoisotopic (exact) mass is 422 g/mol. The lowest BCUT2D eigenvalue weighted by atomic mass is 9.83. The van der Waals surface area contributed by atoms with Crippen LogP contribution in [0.5, 0.6) is 0 Å². The molecule has 0 aromatic rings. The van der Waals surface area contributed by atoms with Crippen LogP contribution in [0.1, 0.15) is 123 Å². The van der Waals surface area contributed by atoms with Crippen LogP contribution in [0, 0.1) is 11.8 Å². The largest absolute Gasteiger partial charge is 0.481 e. The highest BCUT2D eigenvalue weighted by Crippen LogP contribution is 2.28. The van der Waals surface area contributed by atoms with Crippen LogP contribution in [0.25, 0.3) is 0 Å². The van der Waals surface area contributed by atoms with Gasteiger partial charge < -0.3 is 9.84 Å². The van der Waals surface area contributed by atoms with Crippen molar-refractivity contribution < 1.29 is 19.4 Å². The van der Waals surface area contributed by atoms with E-state index in [1.54, 1.807) is 0 Å². The van der Waals surface area contributed by atoms with E-state index < -0.39 is 17.8 Å². The molecule has 0 aromatic heterocycles. The number of carboxylic acid groups (broad SMARTS) is 1. The number of ether oxygens (including phenoxy) is 1. The van der Waals surface area contributed by atoms with Crippen LogP contribution in [0.15, 0.2) is 12.2 Å². The summed E-state index contributed by atoms with van der Waals surface area (Å²) in [6.45, 7) is 4.37. The lowest BCUT2D eigenvalue weighted by Crippen LogP contribution is -2.34. The topological polar surface area (TPSA) is 63.6 Å². The van der Waals surface area contributed by atoms with Gasteiger partial charge in [-0.15, -0.1) is 0 Å². The van der Waals surface area contributed by atoms with Crippen molar-refractivity contribution in [2.75, 3.05) is 0 Å². The molecule has 0 saturated heterocycles. The second kappa shape index (κ2) is 17.4. The van der Waals surface area contributed by atoms with Crippen molar-refractivity contribution in [3.05, 3.63) is 12.2 Å². The summed E-state index contributed by atoms with van der Waals surface area (Å²) in [7, 11) is 0. The van der Waals surface area contributed by atoms with E-state index in [9.17, 15) is 14.7 Å². The molecule has 0 spiro atoms. The zero-order valence-corrected chi connectivity index (χ0v) is 19.6. The van der Waals surface area contributed by atoms with Crippen molar-refractivity contribution in [2.45, 2.75) is 129 Å². The van der Waals surface area contributed by atoms with Gasteiger partial charge >= 0.3 is 11.9 Å². The van der Waals surface area contributed by atoms with Gasteiger partial charge in [0.1, 0.15) is 6.10 Å². The standard InChI is InChI=1S/C26H46O4/c1-3-5-6-7-8-9-10-11-12-13-14-15-19-22(18-4-2)30-26(29)24-21-17-16-20-23(24)25(27)28/h16-17,22-24H,3-15,18-21H2,1-2H3,(H,27,28). The quantitative estimate of drug-likeness (QED) is 0.141. The number of carbonyl (C=O) groups excluding carboxylic acids is 1. The molecule has 0 saturated carbocycles. The third-order valence-electron chi connectivity index (χ3n) is 6.33. The number of hydrogen-bond acceptors (Lipinski definition) is 3. The predicted molar refractivity (Wildman–Crippen MR) is 123 cm³/mol. The van der Waals surface area contributed by atoms with Crippen molar-refractivity contribution in [1.29, 1.82) is 0 Å². The summed E-state index contributed by atoms with van der Waals surface area (Å²) in [4.78, 5) is 24.0. The Morgan fingerprint density at radius 2 is 1.27 bits per heavy atom. The van der Waals surface area contributed by atoms with Gasteiger partial charge in [0.2, 0.25) is 0 Å². The maximum atomic E-state index is 12.6. The first-order valence-electron chi connectivity index (χ1n) is 12.7. The first-order chi connectivity index (χ1) is 14.6. The molecule has 1 rings (SSSR count). The first-order valence-corrected chi connectivity index (χ1v) is 12.7. The molecular weight excluding hydrogens is 376 g/mol. The molecule has 0 fully saturated rings. The Labute approximate surface area is 184 Å². The Morgan fingerprint density at radius 1 is 0.767 bits per heavy atom. The Kier molecular flexibility index (Phi) is 15.5. The third kappa shape index (κ3) is 11.8. The van der Waals surface area contributed by atoms with Crippen molar-refractivity contribution in [1.82, 2.24) is 0 Å². The van der Waals surface area contributed by atoms with E-state index in [1.807, 2.05) is 12.2 Å². The number of unbranched alkanes of at least 4 members (excludes halogenated alkanes) is 11. The summed E-state index contributed by atoms with van der Waals surface area (Å²) in [6, 6.07) is 0. The van der Waals surface area contributed by atoms with E-state index in [-0.39, 0.29) is 12.1 Å². The van der Waals surface area contributed by atoms with Crippen molar-refractivity contribution in [2.24, 2.45) is 11.8 Å². The summed E-state index contributed by atoms with van der Waals surface area (Å²) >= 11 is 0. The van der Waals surface area contributed by atoms with Crippen LogP contribution < -0.4 is 0 Å². The molecular formula is C26H46O4. The average Bonchev–Trinajstić information content (AvgIpc) is 2.74. The summed E-state index contributed by atoms with van der Waals surface area (Å²) in [5.74, 6) is -2.39. The van der Waals surface area contributed by atoms with Gasteiger partial charge in [0, 0.05) is 0 Å². The average molecular weight is 423 g/mol. The fourth-order valence-electron chi connectivity index (χ4n) is 4.40. The van der Waals surface area contributed by atoms with Crippen molar-refractivity contribution in [3.8, 4) is 0 Å². The maximum Gasteiger partial charge on any atom is 0.310 e. The van der Waals surface area contributed by atoms with E-state index in [1.165, 1.54) is 70.6 Å². The lowest BCUT2D eigenvalue weighted by molar-refractivity contribution is -0.162. The van der Waals surface area contributed by atoms with Gasteiger partial charge in [0.25, 0.3) is 0 Å². The van der Waals surface area contributed by atoms with Crippen LogP contribution >= 0.6 is 0 Å². The molecule has 0 bridgehead atoms. The molecule has 30 heavy (non-hydrogen) atoms. The summed E-state index contributed by atoms with van der Waals surface area (Å²) in [5, 5.41) is 9.38. The minimum atomic E-state index is -0.894. The summed E-state index contributed by atoms with van der Waals surface area (Å²) in [5.41, 5.74) is 0. The van der Waals surface area contributed by atoms with E-state index in [2.05, 4.69) is 13.8 Å². The van der Waals surface area contributed by atoms with Gasteiger partial charge in [-0.25, -0.2) is 0 Å². The highest BCUT2D eigenvalue weighted by molar-refractivity contribution is 5.81.